The zero-order valence-corrected chi connectivity index (χ0v) is 18.6. The molecule has 1 heterocycles. The Balaban J connectivity index is 1.68. The van der Waals surface area contributed by atoms with E-state index in [0.717, 1.165) is 83.4 Å². The van der Waals surface area contributed by atoms with Gasteiger partial charge in [0.25, 0.3) is 0 Å². The van der Waals surface area contributed by atoms with Crippen LogP contribution in [-0.4, -0.2) is 25.8 Å². The molecule has 1 aromatic carbocycles. The Morgan fingerprint density at radius 2 is 1.83 bits per heavy atom. The number of aliphatic hydroxyl groups is 2. The van der Waals surface area contributed by atoms with Crippen molar-refractivity contribution >= 4 is 26.9 Å². The van der Waals surface area contributed by atoms with E-state index in [2.05, 4.69) is 20.7 Å². The molecule has 5 N–H and O–H groups in total. The fourth-order valence-electron chi connectivity index (χ4n) is 4.30. The van der Waals surface area contributed by atoms with E-state index < -0.39 is 21.9 Å². The van der Waals surface area contributed by atoms with E-state index in [1.807, 2.05) is 0 Å². The van der Waals surface area contributed by atoms with E-state index in [1.54, 1.807) is 13.8 Å². The molecular weight excluding hydrogens is 422 g/mol. The van der Waals surface area contributed by atoms with Gasteiger partial charge in [-0.15, -0.1) is 11.3 Å². The normalized spacial score (nSPS) is 18.3. The van der Waals surface area contributed by atoms with Crippen LogP contribution in [0.2, 0.25) is 0 Å². The van der Waals surface area contributed by atoms with Gasteiger partial charge in [-0.05, 0) is 74.6 Å². The van der Waals surface area contributed by atoms with E-state index in [9.17, 15) is 19.7 Å². The zero-order valence-electron chi connectivity index (χ0n) is 16.9. The topological polar surface area (TPSA) is 145 Å². The number of nitrogens with two attached hydrogens (primary N) is 1. The molecule has 0 saturated heterocycles. The Labute approximate surface area is 180 Å². The Kier molecular flexibility index (Phi) is 5.36. The number of rotatable bonds is 5. The molecule has 0 amide bonds. The third kappa shape index (κ3) is 3.72. The average molecular weight is 448 g/mol. The van der Waals surface area contributed by atoms with Crippen molar-refractivity contribution < 1.29 is 14.4 Å². The Hall–Kier alpha value is -2.03. The first-order valence-corrected chi connectivity index (χ1v) is 12.3. The van der Waals surface area contributed by atoms with Gasteiger partial charge in [-0.1, -0.05) is 0 Å². The van der Waals surface area contributed by atoms with Crippen LogP contribution in [0.4, 0.5) is 5.69 Å². The highest BCUT2D eigenvalue weighted by atomic mass is 32.2. The number of hydrogen-bond donors (Lipinski definition) is 4. The van der Waals surface area contributed by atoms with Gasteiger partial charge in [0.2, 0.25) is 6.35 Å². The molecule has 0 aliphatic heterocycles. The van der Waals surface area contributed by atoms with E-state index in [4.69, 9.17) is 5.14 Å². The number of aliphatic hydroxyl groups excluding tert-OH is 1. The van der Waals surface area contributed by atoms with E-state index >= 15 is 0 Å². The molecule has 0 fully saturated rings. The summed E-state index contributed by atoms with van der Waals surface area (Å²) in [6.07, 6.45) is 5.13. The van der Waals surface area contributed by atoms with Crippen molar-refractivity contribution in [1.82, 2.24) is 4.98 Å². The SMILES string of the molecule is CC(C)(O)c1ncc([S@@](N)(=O)=NC(O)Nc2c3c(c(C#N)c4c2CCC4)CCC3)s1. The summed E-state index contributed by atoms with van der Waals surface area (Å²) >= 11 is 1.01. The first kappa shape index (κ1) is 21.2. The van der Waals surface area contributed by atoms with Crippen molar-refractivity contribution in [3.05, 3.63) is 39.0 Å². The van der Waals surface area contributed by atoms with Crippen molar-refractivity contribution in [2.24, 2.45) is 9.50 Å². The number of anilines is 1. The lowest BCUT2D eigenvalue weighted by molar-refractivity contribution is 0.0783. The number of thiazole rings is 1. The predicted molar refractivity (Wildman–Crippen MR) is 115 cm³/mol. The molecule has 2 aliphatic rings. The van der Waals surface area contributed by atoms with Gasteiger partial charge >= 0.3 is 0 Å². The molecule has 0 bridgehead atoms. The van der Waals surface area contributed by atoms with Crippen LogP contribution >= 0.6 is 11.3 Å². The molecule has 2 atom stereocenters. The smallest absolute Gasteiger partial charge is 0.233 e. The third-order valence-corrected chi connectivity index (χ3v) is 8.85. The van der Waals surface area contributed by atoms with Gasteiger partial charge in [-0.3, -0.25) is 0 Å². The molecular formula is C20H25N5O3S2. The molecule has 10 heteroatoms. The van der Waals surface area contributed by atoms with Crippen molar-refractivity contribution in [2.45, 2.75) is 68.5 Å². The van der Waals surface area contributed by atoms with Gasteiger partial charge < -0.3 is 15.5 Å². The second kappa shape index (κ2) is 7.59. The number of hydrogen-bond acceptors (Lipinski definition) is 8. The standard InChI is InChI=1S/C20H25N5O3S2/c1-20(2,27)18-23-10-16(29-18)30(22,28)25-19(26)24-17-13-7-3-5-11(13)15(9-21)12-6-4-8-14(12)17/h10,19,24,26-27H,3-8H2,1-2H3,(H2,22,25,28)/t19?,30-/m0/s1. The van der Waals surface area contributed by atoms with Crippen molar-refractivity contribution in [3.8, 4) is 6.07 Å². The van der Waals surface area contributed by atoms with Crippen LogP contribution in [0.1, 0.15) is 59.5 Å². The van der Waals surface area contributed by atoms with Gasteiger partial charge in [0.05, 0.1) is 17.8 Å². The number of fused-ring (bicyclic) bond motifs is 2. The molecule has 8 nitrogen and oxygen atoms in total. The molecule has 160 valence electrons. The van der Waals surface area contributed by atoms with Gasteiger partial charge in [0, 0.05) is 5.69 Å². The minimum absolute atomic E-state index is 0.191. The Morgan fingerprint density at radius 1 is 1.27 bits per heavy atom. The number of aromatic nitrogens is 1. The Morgan fingerprint density at radius 3 is 2.33 bits per heavy atom. The second-order valence-electron chi connectivity index (χ2n) is 8.22. The van der Waals surface area contributed by atoms with Gasteiger partial charge in [0.1, 0.15) is 24.7 Å². The molecule has 4 rings (SSSR count). The van der Waals surface area contributed by atoms with Crippen LogP contribution in [0.25, 0.3) is 0 Å². The zero-order chi connectivity index (χ0) is 21.7. The summed E-state index contributed by atoms with van der Waals surface area (Å²) in [5.41, 5.74) is 4.62. The van der Waals surface area contributed by atoms with Crippen LogP contribution in [0.5, 0.6) is 0 Å². The first-order valence-electron chi connectivity index (χ1n) is 9.88. The summed E-state index contributed by atoms with van der Waals surface area (Å²) in [5.74, 6) is 0. The average Bonchev–Trinajstić information content (AvgIpc) is 3.40. The summed E-state index contributed by atoms with van der Waals surface area (Å²) in [5, 5.41) is 39.6. The maximum absolute atomic E-state index is 13.0. The minimum Gasteiger partial charge on any atom is -0.383 e. The molecule has 2 aliphatic carbocycles. The number of nitriles is 1. The summed E-state index contributed by atoms with van der Waals surface area (Å²) < 4.78 is 17.1. The largest absolute Gasteiger partial charge is 0.383 e. The highest BCUT2D eigenvalue weighted by Crippen LogP contribution is 2.41. The molecule has 1 unspecified atom stereocenters. The lowest BCUT2D eigenvalue weighted by Crippen LogP contribution is -2.23. The van der Waals surface area contributed by atoms with Gasteiger partial charge in [0.15, 0.2) is 0 Å². The number of nitrogens with one attached hydrogen (secondary N) is 1. The quantitative estimate of drug-likeness (QED) is 0.518. The lowest BCUT2D eigenvalue weighted by atomic mass is 9.93. The molecule has 0 saturated carbocycles. The van der Waals surface area contributed by atoms with Crippen LogP contribution in [-0.2, 0) is 41.2 Å². The predicted octanol–water partition coefficient (Wildman–Crippen LogP) is 2.31. The van der Waals surface area contributed by atoms with Crippen LogP contribution in [0.3, 0.4) is 0 Å². The summed E-state index contributed by atoms with van der Waals surface area (Å²) in [6.45, 7) is 3.15. The summed E-state index contributed by atoms with van der Waals surface area (Å²) in [7, 11) is -3.40. The van der Waals surface area contributed by atoms with Crippen LogP contribution < -0.4 is 10.5 Å². The summed E-state index contributed by atoms with van der Waals surface area (Å²) in [4.78, 5) is 4.08. The van der Waals surface area contributed by atoms with Gasteiger partial charge in [-0.25, -0.2) is 14.3 Å². The van der Waals surface area contributed by atoms with E-state index in [1.165, 1.54) is 6.20 Å². The van der Waals surface area contributed by atoms with Gasteiger partial charge in [-0.2, -0.15) is 9.62 Å². The number of nitrogens with zero attached hydrogens (tertiary/aromatic N) is 3. The van der Waals surface area contributed by atoms with Crippen LogP contribution in [0, 0.1) is 11.3 Å². The highest BCUT2D eigenvalue weighted by molar-refractivity contribution is 7.93. The first-order chi connectivity index (χ1) is 14.1. The van der Waals surface area contributed by atoms with E-state index in [-0.39, 0.29) is 4.21 Å². The molecule has 0 radical (unpaired) electrons. The fraction of sp³-hybridized carbons (Fsp3) is 0.500. The number of benzene rings is 1. The second-order valence-corrected chi connectivity index (χ2v) is 11.3. The fourth-order valence-corrected chi connectivity index (χ4v) is 6.45. The molecule has 2 aromatic rings. The van der Waals surface area contributed by atoms with Crippen molar-refractivity contribution in [2.75, 3.05) is 5.32 Å². The van der Waals surface area contributed by atoms with Crippen molar-refractivity contribution in [3.63, 3.8) is 0 Å². The summed E-state index contributed by atoms with van der Waals surface area (Å²) in [6, 6.07) is 2.38. The monoisotopic (exact) mass is 447 g/mol. The molecule has 30 heavy (non-hydrogen) atoms. The van der Waals surface area contributed by atoms with Crippen LogP contribution in [0.15, 0.2) is 14.8 Å². The molecule has 1 aromatic heterocycles. The molecule has 0 spiro atoms. The van der Waals surface area contributed by atoms with E-state index in [0.29, 0.717) is 5.01 Å². The Bertz CT molecular complexity index is 1130. The lowest BCUT2D eigenvalue weighted by Gasteiger charge is -2.20. The maximum Gasteiger partial charge on any atom is 0.233 e. The third-order valence-electron chi connectivity index (χ3n) is 5.58. The highest BCUT2D eigenvalue weighted by Gasteiger charge is 2.30. The maximum atomic E-state index is 13.0. The van der Waals surface area contributed by atoms with Crippen molar-refractivity contribution in [1.29, 1.82) is 5.26 Å². The minimum atomic E-state index is -3.40.